The van der Waals surface area contributed by atoms with Crippen LogP contribution in [0.1, 0.15) is 0 Å². The van der Waals surface area contributed by atoms with Gasteiger partial charge in [-0.1, -0.05) is 103 Å². The minimum absolute atomic E-state index is 1.28. The summed E-state index contributed by atoms with van der Waals surface area (Å²) in [6.07, 6.45) is 0. The van der Waals surface area contributed by atoms with Crippen molar-refractivity contribution in [2.24, 2.45) is 0 Å². The molecule has 7 aromatic carbocycles. The molecule has 0 saturated carbocycles. The molecule has 0 atom stereocenters. The number of benzene rings is 7. The van der Waals surface area contributed by atoms with Crippen molar-refractivity contribution in [3.8, 4) is 22.3 Å². The zero-order valence-corrected chi connectivity index (χ0v) is 19.8. The van der Waals surface area contributed by atoms with Gasteiger partial charge >= 0.3 is 0 Å². The molecule has 35 heavy (non-hydrogen) atoms. The summed E-state index contributed by atoms with van der Waals surface area (Å²) < 4.78 is 0. The van der Waals surface area contributed by atoms with Crippen LogP contribution in [0.2, 0.25) is 0 Å². The Labute approximate surface area is 207 Å². The monoisotopic (exact) mass is 460 g/mol. The van der Waals surface area contributed by atoms with Gasteiger partial charge in [0.05, 0.1) is 0 Å². The molecule has 1 heteroatoms. The Morgan fingerprint density at radius 1 is 0.343 bits per heavy atom. The van der Waals surface area contributed by atoms with Crippen LogP contribution in [-0.4, -0.2) is 0 Å². The smallest absolute Gasteiger partial charge is 0.0207 e. The molecular formula is C34H20S. The van der Waals surface area contributed by atoms with Crippen LogP contribution in [0, 0.1) is 0 Å². The van der Waals surface area contributed by atoms with Crippen LogP contribution in [0.25, 0.3) is 65.3 Å². The zero-order valence-electron chi connectivity index (χ0n) is 19.0. The molecule has 0 saturated heterocycles. The van der Waals surface area contributed by atoms with E-state index in [9.17, 15) is 0 Å². The first-order chi connectivity index (χ1) is 17.3. The van der Waals surface area contributed by atoms with Gasteiger partial charge in [-0.3, -0.25) is 0 Å². The molecule has 0 bridgehead atoms. The Balaban J connectivity index is 1.49. The van der Waals surface area contributed by atoms with Crippen molar-refractivity contribution in [2.45, 2.75) is 9.79 Å². The molecule has 0 aromatic heterocycles. The van der Waals surface area contributed by atoms with Crippen LogP contribution < -0.4 is 0 Å². The second kappa shape index (κ2) is 7.21. The highest BCUT2D eigenvalue weighted by molar-refractivity contribution is 7.99. The van der Waals surface area contributed by atoms with Crippen molar-refractivity contribution in [2.75, 3.05) is 0 Å². The number of hydrogen-bond donors (Lipinski definition) is 0. The van der Waals surface area contributed by atoms with E-state index in [1.807, 2.05) is 11.8 Å². The van der Waals surface area contributed by atoms with E-state index in [0.717, 1.165) is 0 Å². The average Bonchev–Trinajstić information content (AvgIpc) is 2.92. The Morgan fingerprint density at radius 3 is 1.97 bits per heavy atom. The summed E-state index contributed by atoms with van der Waals surface area (Å²) in [4.78, 5) is 2.68. The minimum Gasteiger partial charge on any atom is -0.0888 e. The van der Waals surface area contributed by atoms with Crippen LogP contribution in [0.5, 0.6) is 0 Å². The van der Waals surface area contributed by atoms with Crippen LogP contribution in [-0.2, 0) is 0 Å². The van der Waals surface area contributed by atoms with Crippen LogP contribution in [0.15, 0.2) is 131 Å². The standard InChI is InChI=1S/C34H20S/c1-2-9-22-19-30-23(18-21(22)8-1)20-31(25-11-4-3-10-24(25)30)26-16-17-33-34-28(26)13-7-14-29(34)27-12-5-6-15-32(27)35-33/h1-20H. The maximum absolute atomic E-state index is 2.40. The van der Waals surface area contributed by atoms with E-state index in [-0.39, 0.29) is 0 Å². The SMILES string of the molecule is c1ccc2c(c1)Sc1ccc(-c3cc4cc5ccccc5cc4c4ccccc34)c3cccc-2c13. The van der Waals surface area contributed by atoms with Crippen molar-refractivity contribution in [3.63, 3.8) is 0 Å². The first-order valence-corrected chi connectivity index (χ1v) is 12.8. The predicted octanol–water partition coefficient (Wildman–Crippen LogP) is 10.1. The molecule has 1 aliphatic heterocycles. The normalized spacial score (nSPS) is 12.5. The lowest BCUT2D eigenvalue weighted by Gasteiger charge is -2.22. The topological polar surface area (TPSA) is 0 Å². The number of fused-ring (bicyclic) bond motifs is 6. The molecule has 0 radical (unpaired) electrons. The summed E-state index contributed by atoms with van der Waals surface area (Å²) >= 11 is 1.89. The third-order valence-corrected chi connectivity index (χ3v) is 8.55. The van der Waals surface area contributed by atoms with Gasteiger partial charge in [0.1, 0.15) is 0 Å². The van der Waals surface area contributed by atoms with Gasteiger partial charge in [-0.05, 0) is 90.3 Å². The quantitative estimate of drug-likeness (QED) is 0.173. The fraction of sp³-hybridized carbons (Fsp3) is 0. The molecule has 0 spiro atoms. The maximum Gasteiger partial charge on any atom is 0.0207 e. The number of hydrogen-bond acceptors (Lipinski definition) is 1. The van der Waals surface area contributed by atoms with E-state index in [1.54, 1.807) is 0 Å². The summed E-state index contributed by atoms with van der Waals surface area (Å²) in [7, 11) is 0. The lowest BCUT2D eigenvalue weighted by atomic mass is 9.88. The van der Waals surface area contributed by atoms with Crippen molar-refractivity contribution in [1.29, 1.82) is 0 Å². The Morgan fingerprint density at radius 2 is 1.06 bits per heavy atom. The first kappa shape index (κ1) is 19.3. The summed E-state index contributed by atoms with van der Waals surface area (Å²) in [5.74, 6) is 0. The molecule has 0 N–H and O–H groups in total. The van der Waals surface area contributed by atoms with Gasteiger partial charge in [0.15, 0.2) is 0 Å². The zero-order chi connectivity index (χ0) is 22.9. The Bertz CT molecular complexity index is 1980. The fourth-order valence-corrected chi connectivity index (χ4v) is 6.96. The molecular weight excluding hydrogens is 440 g/mol. The second-order valence-corrected chi connectivity index (χ2v) is 10.4. The van der Waals surface area contributed by atoms with Crippen molar-refractivity contribution in [1.82, 2.24) is 0 Å². The summed E-state index contributed by atoms with van der Waals surface area (Å²) in [5, 5.41) is 10.5. The molecule has 162 valence electrons. The van der Waals surface area contributed by atoms with Crippen LogP contribution >= 0.6 is 11.8 Å². The van der Waals surface area contributed by atoms with Crippen molar-refractivity contribution < 1.29 is 0 Å². The third-order valence-electron chi connectivity index (χ3n) is 7.41. The molecule has 0 fully saturated rings. The van der Waals surface area contributed by atoms with E-state index in [4.69, 9.17) is 0 Å². The van der Waals surface area contributed by atoms with E-state index in [1.165, 1.54) is 75.1 Å². The van der Waals surface area contributed by atoms with Gasteiger partial charge in [-0.15, -0.1) is 0 Å². The lowest BCUT2D eigenvalue weighted by molar-refractivity contribution is 1.40. The summed E-state index contributed by atoms with van der Waals surface area (Å²) in [6.45, 7) is 0. The molecule has 0 amide bonds. The highest BCUT2D eigenvalue weighted by Gasteiger charge is 2.21. The first-order valence-electron chi connectivity index (χ1n) is 12.0. The van der Waals surface area contributed by atoms with Gasteiger partial charge in [0, 0.05) is 15.2 Å². The van der Waals surface area contributed by atoms with Crippen LogP contribution in [0.3, 0.4) is 0 Å². The summed E-state index contributed by atoms with van der Waals surface area (Å²) in [5.41, 5.74) is 5.28. The van der Waals surface area contributed by atoms with Crippen LogP contribution in [0.4, 0.5) is 0 Å². The Kier molecular flexibility index (Phi) is 3.97. The molecule has 7 aromatic rings. The van der Waals surface area contributed by atoms with Gasteiger partial charge in [0.25, 0.3) is 0 Å². The molecule has 1 heterocycles. The Hall–Kier alpha value is -4.07. The van der Waals surface area contributed by atoms with E-state index in [2.05, 4.69) is 121 Å². The van der Waals surface area contributed by atoms with E-state index in [0.29, 0.717) is 0 Å². The third kappa shape index (κ3) is 2.76. The molecule has 0 nitrogen and oxygen atoms in total. The van der Waals surface area contributed by atoms with E-state index >= 15 is 0 Å². The summed E-state index contributed by atoms with van der Waals surface area (Å²) in [6, 6.07) is 44.8. The predicted molar refractivity (Wildman–Crippen MR) is 151 cm³/mol. The number of rotatable bonds is 1. The highest BCUT2D eigenvalue weighted by atomic mass is 32.2. The second-order valence-electron chi connectivity index (χ2n) is 9.33. The maximum atomic E-state index is 2.40. The largest absolute Gasteiger partial charge is 0.0888 e. The van der Waals surface area contributed by atoms with Gasteiger partial charge < -0.3 is 0 Å². The van der Waals surface area contributed by atoms with Crippen molar-refractivity contribution >= 4 is 54.9 Å². The highest BCUT2D eigenvalue weighted by Crippen LogP contribution is 2.50. The lowest BCUT2D eigenvalue weighted by Crippen LogP contribution is -1.94. The minimum atomic E-state index is 1.28. The molecule has 1 aliphatic rings. The van der Waals surface area contributed by atoms with E-state index < -0.39 is 0 Å². The van der Waals surface area contributed by atoms with Gasteiger partial charge in [-0.25, -0.2) is 0 Å². The molecule has 8 rings (SSSR count). The fourth-order valence-electron chi connectivity index (χ4n) is 5.83. The van der Waals surface area contributed by atoms with Crippen molar-refractivity contribution in [3.05, 3.63) is 121 Å². The van der Waals surface area contributed by atoms with Gasteiger partial charge in [-0.2, -0.15) is 0 Å². The molecule has 0 aliphatic carbocycles. The average molecular weight is 461 g/mol. The van der Waals surface area contributed by atoms with Gasteiger partial charge in [0.2, 0.25) is 0 Å². The molecule has 0 unspecified atom stereocenters.